The molecule has 1 aromatic heterocycles. The maximum absolute atomic E-state index is 12.7. The van der Waals surface area contributed by atoms with Gasteiger partial charge in [-0.15, -0.1) is 11.3 Å². The lowest BCUT2D eigenvalue weighted by molar-refractivity contribution is -0.129. The third-order valence-electron chi connectivity index (χ3n) is 5.07. The van der Waals surface area contributed by atoms with Crippen molar-refractivity contribution in [2.75, 3.05) is 39.3 Å². The second-order valence-electron chi connectivity index (χ2n) is 6.67. The van der Waals surface area contributed by atoms with Crippen molar-refractivity contribution in [2.45, 2.75) is 19.0 Å². The van der Waals surface area contributed by atoms with Crippen molar-refractivity contribution >= 4 is 27.3 Å². The molecule has 0 radical (unpaired) electrons. The third-order valence-corrected chi connectivity index (χ3v) is 6.29. The molecule has 0 aliphatic carbocycles. The minimum Gasteiger partial charge on any atom is -0.395 e. The average Bonchev–Trinajstić information content (AvgIpc) is 3.01. The quantitative estimate of drug-likeness (QED) is 0.743. The number of aliphatic hydroxyl groups excluding tert-OH is 1. The van der Waals surface area contributed by atoms with Gasteiger partial charge in [0, 0.05) is 48.8 Å². The fourth-order valence-electron chi connectivity index (χ4n) is 3.65. The lowest BCUT2D eigenvalue weighted by atomic mass is 9.98. The molecule has 3 heterocycles. The Morgan fingerprint density at radius 3 is 2.88 bits per heavy atom. The van der Waals surface area contributed by atoms with Crippen molar-refractivity contribution in [1.82, 2.24) is 20.7 Å². The maximum Gasteiger partial charge on any atom is 0.251 e. The number of nitrogens with one attached hydrogen (secondary N) is 2. The highest BCUT2D eigenvalue weighted by Crippen LogP contribution is 2.34. The van der Waals surface area contributed by atoms with Gasteiger partial charge in [-0.1, -0.05) is 18.2 Å². The van der Waals surface area contributed by atoms with Crippen LogP contribution in [0.3, 0.4) is 0 Å². The number of aliphatic hydroxyl groups is 1. The molecule has 1 fully saturated rings. The van der Waals surface area contributed by atoms with E-state index in [1.54, 1.807) is 0 Å². The van der Waals surface area contributed by atoms with Gasteiger partial charge < -0.3 is 10.4 Å². The van der Waals surface area contributed by atoms with Crippen LogP contribution < -0.4 is 10.7 Å². The monoisotopic (exact) mass is 360 g/mol. The van der Waals surface area contributed by atoms with Crippen LogP contribution in [0.25, 0.3) is 10.1 Å². The van der Waals surface area contributed by atoms with Gasteiger partial charge in [0.15, 0.2) is 0 Å². The lowest BCUT2D eigenvalue weighted by Gasteiger charge is -2.35. The van der Waals surface area contributed by atoms with Crippen molar-refractivity contribution in [2.24, 2.45) is 0 Å². The second kappa shape index (κ2) is 7.39. The topological polar surface area (TPSA) is 67.8 Å². The van der Waals surface area contributed by atoms with Gasteiger partial charge in [-0.3, -0.25) is 15.1 Å². The van der Waals surface area contributed by atoms with Gasteiger partial charge >= 0.3 is 0 Å². The number of rotatable bonds is 4. The van der Waals surface area contributed by atoms with Gasteiger partial charge in [-0.2, -0.15) is 0 Å². The SMILES string of the molecule is O=C(NN1CCN(CCO)CC1)[C@H]1Cc2c(sc3ccccc23)CN1. The molecule has 3 N–H and O–H groups in total. The highest BCUT2D eigenvalue weighted by molar-refractivity contribution is 7.19. The molecular weight excluding hydrogens is 336 g/mol. The van der Waals surface area contributed by atoms with Crippen molar-refractivity contribution in [3.8, 4) is 0 Å². The number of amides is 1. The van der Waals surface area contributed by atoms with Crippen LogP contribution in [-0.2, 0) is 17.8 Å². The Morgan fingerprint density at radius 2 is 2.08 bits per heavy atom. The van der Waals surface area contributed by atoms with Crippen LogP contribution in [0, 0.1) is 0 Å². The molecule has 1 amide bonds. The molecule has 134 valence electrons. The fraction of sp³-hybridized carbons (Fsp3) is 0.500. The Labute approximate surface area is 151 Å². The van der Waals surface area contributed by atoms with Crippen LogP contribution in [0.1, 0.15) is 10.4 Å². The van der Waals surface area contributed by atoms with E-state index in [0.717, 1.165) is 39.1 Å². The van der Waals surface area contributed by atoms with Crippen LogP contribution in [0.2, 0.25) is 0 Å². The van der Waals surface area contributed by atoms with Gasteiger partial charge in [0.2, 0.25) is 0 Å². The Balaban J connectivity index is 1.38. The third kappa shape index (κ3) is 3.56. The molecule has 25 heavy (non-hydrogen) atoms. The Morgan fingerprint density at radius 1 is 1.28 bits per heavy atom. The number of carbonyl (C=O) groups excluding carboxylic acids is 1. The molecule has 7 heteroatoms. The van der Waals surface area contributed by atoms with Gasteiger partial charge in [0.25, 0.3) is 5.91 Å². The number of hydrogen-bond acceptors (Lipinski definition) is 6. The Hall–Kier alpha value is -1.51. The second-order valence-corrected chi connectivity index (χ2v) is 7.80. The number of piperazine rings is 1. The predicted molar refractivity (Wildman–Crippen MR) is 99.4 cm³/mol. The minimum absolute atomic E-state index is 0.0524. The van der Waals surface area contributed by atoms with Crippen molar-refractivity contribution < 1.29 is 9.90 Å². The van der Waals surface area contributed by atoms with Crippen LogP contribution in [0.5, 0.6) is 0 Å². The number of hydrazine groups is 1. The molecular formula is C18H24N4O2S. The number of carbonyl (C=O) groups is 1. The van der Waals surface area contributed by atoms with Crippen LogP contribution >= 0.6 is 11.3 Å². The summed E-state index contributed by atoms with van der Waals surface area (Å²) < 4.78 is 1.30. The van der Waals surface area contributed by atoms with Crippen LogP contribution in [-0.4, -0.2) is 66.3 Å². The van der Waals surface area contributed by atoms with Gasteiger partial charge in [0.1, 0.15) is 0 Å². The summed E-state index contributed by atoms with van der Waals surface area (Å²) in [6.07, 6.45) is 0.746. The molecule has 1 saturated heterocycles. The first-order valence-corrected chi connectivity index (χ1v) is 9.67. The molecule has 6 nitrogen and oxygen atoms in total. The number of thiophene rings is 1. The molecule has 4 rings (SSSR count). The van der Waals surface area contributed by atoms with Gasteiger partial charge in [0.05, 0.1) is 12.6 Å². The van der Waals surface area contributed by atoms with E-state index in [4.69, 9.17) is 5.11 Å². The lowest BCUT2D eigenvalue weighted by Crippen LogP contribution is -2.58. The van der Waals surface area contributed by atoms with E-state index in [-0.39, 0.29) is 18.6 Å². The van der Waals surface area contributed by atoms with E-state index in [1.807, 2.05) is 16.3 Å². The van der Waals surface area contributed by atoms with E-state index >= 15 is 0 Å². The maximum atomic E-state index is 12.7. The average molecular weight is 360 g/mol. The number of hydrogen-bond donors (Lipinski definition) is 3. The number of β-amino-alcohol motifs (C(OH)–C–C–N with tert-alkyl or cyclic N) is 1. The normalized spacial score (nSPS) is 22.0. The molecule has 0 spiro atoms. The Bertz CT molecular complexity index is 755. The smallest absolute Gasteiger partial charge is 0.251 e. The summed E-state index contributed by atoms with van der Waals surface area (Å²) >= 11 is 1.82. The fourth-order valence-corrected chi connectivity index (χ4v) is 4.84. The Kier molecular flexibility index (Phi) is 5.00. The van der Waals surface area contributed by atoms with E-state index in [0.29, 0.717) is 6.54 Å². The molecule has 0 saturated carbocycles. The summed E-state index contributed by atoms with van der Waals surface area (Å²) in [5, 5.41) is 15.7. The van der Waals surface area contributed by atoms with Gasteiger partial charge in [-0.05, 0) is 23.4 Å². The predicted octanol–water partition coefficient (Wildman–Crippen LogP) is 0.557. The highest BCUT2D eigenvalue weighted by Gasteiger charge is 2.28. The minimum atomic E-state index is -0.180. The molecule has 0 bridgehead atoms. The summed E-state index contributed by atoms with van der Waals surface area (Å²) in [4.78, 5) is 16.2. The van der Waals surface area contributed by atoms with Crippen LogP contribution in [0.15, 0.2) is 24.3 Å². The standard InChI is InChI=1S/C18H24N4O2S/c23-10-9-21-5-7-22(8-6-21)20-18(24)15-11-14-13-3-1-2-4-16(13)25-17(14)12-19-15/h1-4,15,19,23H,5-12H2,(H,20,24)/t15-/m1/s1. The molecule has 2 aromatic rings. The van der Waals surface area contributed by atoms with Crippen molar-refractivity contribution in [1.29, 1.82) is 0 Å². The first-order valence-electron chi connectivity index (χ1n) is 8.86. The number of benzene rings is 1. The largest absolute Gasteiger partial charge is 0.395 e. The molecule has 2 aliphatic heterocycles. The first kappa shape index (κ1) is 16.9. The van der Waals surface area contributed by atoms with E-state index in [1.165, 1.54) is 20.5 Å². The number of nitrogens with zero attached hydrogens (tertiary/aromatic N) is 2. The van der Waals surface area contributed by atoms with E-state index in [9.17, 15) is 4.79 Å². The zero-order chi connectivity index (χ0) is 17.2. The summed E-state index contributed by atoms with van der Waals surface area (Å²) in [5.74, 6) is 0.0524. The van der Waals surface area contributed by atoms with Gasteiger partial charge in [-0.25, -0.2) is 5.01 Å². The van der Waals surface area contributed by atoms with Crippen molar-refractivity contribution in [3.63, 3.8) is 0 Å². The summed E-state index contributed by atoms with van der Waals surface area (Å²) in [6.45, 7) is 5.00. The zero-order valence-electron chi connectivity index (χ0n) is 14.2. The van der Waals surface area contributed by atoms with Crippen LogP contribution in [0.4, 0.5) is 0 Å². The first-order chi connectivity index (χ1) is 12.2. The number of fused-ring (bicyclic) bond motifs is 3. The summed E-state index contributed by atoms with van der Waals surface area (Å²) in [7, 11) is 0. The summed E-state index contributed by atoms with van der Waals surface area (Å²) in [5.41, 5.74) is 4.39. The van der Waals surface area contributed by atoms with Crippen molar-refractivity contribution in [3.05, 3.63) is 34.7 Å². The molecule has 0 unspecified atom stereocenters. The molecule has 1 atom stereocenters. The summed E-state index contributed by atoms with van der Waals surface area (Å²) in [6, 6.07) is 8.27. The van der Waals surface area contributed by atoms with E-state index < -0.39 is 0 Å². The van der Waals surface area contributed by atoms with E-state index in [2.05, 4.69) is 39.9 Å². The zero-order valence-corrected chi connectivity index (χ0v) is 15.0. The highest BCUT2D eigenvalue weighted by atomic mass is 32.1. The molecule has 2 aliphatic rings. The molecule has 1 aromatic carbocycles.